The van der Waals surface area contributed by atoms with Gasteiger partial charge in [-0.25, -0.2) is 0 Å². The molecule has 1 aromatic rings. The van der Waals surface area contributed by atoms with Gasteiger partial charge in [0.2, 0.25) is 0 Å². The molecule has 18 heavy (non-hydrogen) atoms. The molecule has 0 radical (unpaired) electrons. The normalized spacial score (nSPS) is 26.2. The molecule has 0 saturated carbocycles. The van der Waals surface area contributed by atoms with Crippen LogP contribution in [0.25, 0.3) is 0 Å². The van der Waals surface area contributed by atoms with Crippen LogP contribution in [-0.2, 0) is 0 Å². The number of anilines is 1. The molecule has 100 valence electrons. The molecular weight excluding hydrogens is 290 g/mol. The zero-order valence-corrected chi connectivity index (χ0v) is 12.9. The second-order valence-electron chi connectivity index (χ2n) is 5.56. The second-order valence-corrected chi connectivity index (χ2v) is 6.41. The monoisotopic (exact) mass is 311 g/mol. The van der Waals surface area contributed by atoms with Crippen molar-refractivity contribution in [1.82, 2.24) is 0 Å². The van der Waals surface area contributed by atoms with E-state index in [0.717, 1.165) is 22.5 Å². The molecule has 0 aromatic heterocycles. The Morgan fingerprint density at radius 1 is 1.39 bits per heavy atom. The fourth-order valence-electron chi connectivity index (χ4n) is 2.78. The van der Waals surface area contributed by atoms with Crippen LogP contribution in [0, 0.1) is 5.92 Å². The van der Waals surface area contributed by atoms with Crippen molar-refractivity contribution >= 4 is 21.6 Å². The Morgan fingerprint density at radius 3 is 2.67 bits per heavy atom. The quantitative estimate of drug-likeness (QED) is 0.887. The Hall–Kier alpha value is -0.540. The summed E-state index contributed by atoms with van der Waals surface area (Å²) in [7, 11) is 0. The van der Waals surface area contributed by atoms with E-state index in [4.69, 9.17) is 0 Å². The van der Waals surface area contributed by atoms with Crippen molar-refractivity contribution in [3.05, 3.63) is 28.2 Å². The van der Waals surface area contributed by atoms with E-state index in [0.29, 0.717) is 6.04 Å². The number of hydrogen-bond acceptors (Lipinski definition) is 2. The van der Waals surface area contributed by atoms with Crippen molar-refractivity contribution in [3.63, 3.8) is 0 Å². The van der Waals surface area contributed by atoms with E-state index >= 15 is 0 Å². The number of hydrogen-bond donors (Lipinski definition) is 1. The molecule has 1 aliphatic rings. The maximum atomic E-state index is 9.60. The predicted octanol–water partition coefficient (Wildman–Crippen LogP) is 4.13. The lowest BCUT2D eigenvalue weighted by Crippen LogP contribution is -2.40. The van der Waals surface area contributed by atoms with Crippen molar-refractivity contribution < 1.29 is 5.11 Å². The number of rotatable bonds is 2. The number of aliphatic hydroxyl groups is 1. The molecule has 1 heterocycles. The second kappa shape index (κ2) is 5.62. The van der Waals surface area contributed by atoms with Crippen LogP contribution in [-0.4, -0.2) is 17.7 Å². The van der Waals surface area contributed by atoms with Crippen LogP contribution in [0.15, 0.2) is 22.7 Å². The van der Waals surface area contributed by atoms with Crippen molar-refractivity contribution in [2.24, 2.45) is 5.92 Å². The minimum atomic E-state index is -0.408. The molecule has 1 N–H and O–H groups in total. The summed E-state index contributed by atoms with van der Waals surface area (Å²) in [5.74, 6) is 0.826. The van der Waals surface area contributed by atoms with Crippen molar-refractivity contribution in [1.29, 1.82) is 0 Å². The molecule has 1 saturated heterocycles. The molecule has 0 bridgehead atoms. The Labute approximate surface area is 118 Å². The topological polar surface area (TPSA) is 23.5 Å². The summed E-state index contributed by atoms with van der Waals surface area (Å²) in [6.45, 7) is 7.55. The van der Waals surface area contributed by atoms with E-state index in [1.54, 1.807) is 6.92 Å². The van der Waals surface area contributed by atoms with E-state index in [-0.39, 0.29) is 0 Å². The highest BCUT2D eigenvalue weighted by Crippen LogP contribution is 2.34. The molecule has 1 fully saturated rings. The largest absolute Gasteiger partial charge is 0.389 e. The summed E-state index contributed by atoms with van der Waals surface area (Å²) >= 11 is 3.64. The first-order chi connectivity index (χ1) is 8.49. The molecule has 0 aliphatic carbocycles. The van der Waals surface area contributed by atoms with Crippen LogP contribution in [0.2, 0.25) is 0 Å². The average molecular weight is 312 g/mol. The van der Waals surface area contributed by atoms with E-state index in [1.807, 2.05) is 12.1 Å². The summed E-state index contributed by atoms with van der Waals surface area (Å²) in [6.07, 6.45) is 2.11. The van der Waals surface area contributed by atoms with Crippen LogP contribution in [0.3, 0.4) is 0 Å². The van der Waals surface area contributed by atoms with E-state index in [9.17, 15) is 5.11 Å². The average Bonchev–Trinajstić information content (AvgIpc) is 2.30. The summed E-state index contributed by atoms with van der Waals surface area (Å²) in [6, 6.07) is 6.77. The van der Waals surface area contributed by atoms with Gasteiger partial charge in [-0.2, -0.15) is 0 Å². The van der Waals surface area contributed by atoms with Gasteiger partial charge in [0.15, 0.2) is 0 Å². The third-order valence-electron chi connectivity index (χ3n) is 3.90. The van der Waals surface area contributed by atoms with Crippen molar-refractivity contribution in [3.8, 4) is 0 Å². The predicted molar refractivity (Wildman–Crippen MR) is 80.0 cm³/mol. The van der Waals surface area contributed by atoms with Crippen LogP contribution < -0.4 is 4.90 Å². The minimum Gasteiger partial charge on any atom is -0.389 e. The molecule has 0 spiro atoms. The summed E-state index contributed by atoms with van der Waals surface area (Å²) in [5.41, 5.74) is 2.21. The molecule has 3 unspecified atom stereocenters. The SMILES string of the molecule is CC1CCN(c2ccc(C(C)O)cc2Br)C(C)C1. The van der Waals surface area contributed by atoms with Crippen molar-refractivity contribution in [2.75, 3.05) is 11.4 Å². The summed E-state index contributed by atoms with van der Waals surface area (Å²) < 4.78 is 1.09. The van der Waals surface area contributed by atoms with Gasteiger partial charge in [0.1, 0.15) is 0 Å². The van der Waals surface area contributed by atoms with Crippen LogP contribution >= 0.6 is 15.9 Å². The third kappa shape index (κ3) is 2.89. The van der Waals surface area contributed by atoms with Gasteiger partial charge in [0.05, 0.1) is 11.8 Å². The molecule has 2 nitrogen and oxygen atoms in total. The molecule has 3 atom stereocenters. The van der Waals surface area contributed by atoms with Crippen molar-refractivity contribution in [2.45, 2.75) is 45.8 Å². The van der Waals surface area contributed by atoms with Gasteiger partial charge < -0.3 is 10.0 Å². The first-order valence-corrected chi connectivity index (χ1v) is 7.52. The van der Waals surface area contributed by atoms with Gasteiger partial charge in [0, 0.05) is 17.1 Å². The fraction of sp³-hybridized carbons (Fsp3) is 0.600. The van der Waals surface area contributed by atoms with Gasteiger partial charge in [-0.1, -0.05) is 13.0 Å². The molecule has 0 amide bonds. The Bertz CT molecular complexity index is 419. The molecule has 1 aromatic carbocycles. The van der Waals surface area contributed by atoms with E-state index < -0.39 is 6.10 Å². The number of benzene rings is 1. The van der Waals surface area contributed by atoms with Crippen LogP contribution in [0.1, 0.15) is 45.3 Å². The number of piperidine rings is 1. The first kappa shape index (κ1) is 13.9. The number of nitrogens with zero attached hydrogens (tertiary/aromatic N) is 1. The number of halogens is 1. The van der Waals surface area contributed by atoms with Gasteiger partial charge >= 0.3 is 0 Å². The minimum absolute atomic E-state index is 0.408. The lowest BCUT2D eigenvalue weighted by molar-refractivity contribution is 0.199. The zero-order chi connectivity index (χ0) is 13.3. The van der Waals surface area contributed by atoms with Gasteiger partial charge in [0.25, 0.3) is 0 Å². The summed E-state index contributed by atoms with van der Waals surface area (Å²) in [4.78, 5) is 2.47. The van der Waals surface area contributed by atoms with E-state index in [2.05, 4.69) is 40.7 Å². The highest BCUT2D eigenvalue weighted by Gasteiger charge is 2.24. The Morgan fingerprint density at radius 2 is 2.11 bits per heavy atom. The highest BCUT2D eigenvalue weighted by molar-refractivity contribution is 9.10. The fourth-order valence-corrected chi connectivity index (χ4v) is 3.41. The third-order valence-corrected chi connectivity index (χ3v) is 4.54. The highest BCUT2D eigenvalue weighted by atomic mass is 79.9. The molecule has 1 aliphatic heterocycles. The zero-order valence-electron chi connectivity index (χ0n) is 11.4. The standard InChI is InChI=1S/C15H22BrNO/c1-10-6-7-17(11(2)8-10)15-5-4-13(12(3)18)9-14(15)16/h4-5,9-12,18H,6-8H2,1-3H3. The number of aliphatic hydroxyl groups excluding tert-OH is 1. The summed E-state index contributed by atoms with van der Waals surface area (Å²) in [5, 5.41) is 9.60. The maximum Gasteiger partial charge on any atom is 0.0762 e. The van der Waals surface area contributed by atoms with Gasteiger partial charge in [-0.05, 0) is 66.2 Å². The van der Waals surface area contributed by atoms with Gasteiger partial charge in [-0.15, -0.1) is 0 Å². The molecule has 2 rings (SSSR count). The van der Waals surface area contributed by atoms with Crippen LogP contribution in [0.4, 0.5) is 5.69 Å². The maximum absolute atomic E-state index is 9.60. The Kier molecular flexibility index (Phi) is 4.33. The lowest BCUT2D eigenvalue weighted by Gasteiger charge is -2.39. The Balaban J connectivity index is 2.23. The smallest absolute Gasteiger partial charge is 0.0762 e. The van der Waals surface area contributed by atoms with Crippen LogP contribution in [0.5, 0.6) is 0 Å². The molecular formula is C15H22BrNO. The first-order valence-electron chi connectivity index (χ1n) is 6.73. The van der Waals surface area contributed by atoms with E-state index in [1.165, 1.54) is 18.5 Å². The lowest BCUT2D eigenvalue weighted by atomic mass is 9.93. The molecule has 3 heteroatoms. The van der Waals surface area contributed by atoms with Gasteiger partial charge in [-0.3, -0.25) is 0 Å².